The van der Waals surface area contributed by atoms with Crippen LogP contribution in [0.5, 0.6) is 0 Å². The van der Waals surface area contributed by atoms with E-state index < -0.39 is 24.3 Å². The fourth-order valence-corrected chi connectivity index (χ4v) is 3.10. The third-order valence-corrected chi connectivity index (χ3v) is 4.44. The van der Waals surface area contributed by atoms with Gasteiger partial charge in [-0.05, 0) is 18.8 Å². The molecule has 23 heavy (non-hydrogen) atoms. The van der Waals surface area contributed by atoms with Crippen LogP contribution in [0.1, 0.15) is 51.9 Å². The van der Waals surface area contributed by atoms with Gasteiger partial charge in [0.2, 0.25) is 0 Å². The predicted molar refractivity (Wildman–Crippen MR) is 88.9 cm³/mol. The SMILES string of the molecule is CCCCC[C@@H](O)C=C[C@@H]1[C@H](CC=CCC(=O)O)[C@@H](O)C[C@H]1O. The van der Waals surface area contributed by atoms with Crippen LogP contribution in [0.3, 0.4) is 0 Å². The van der Waals surface area contributed by atoms with E-state index in [4.69, 9.17) is 5.11 Å². The molecule has 1 saturated carbocycles. The molecular formula is C18H30O5. The lowest BCUT2D eigenvalue weighted by atomic mass is 9.89. The molecule has 1 aliphatic carbocycles. The maximum atomic E-state index is 10.5. The number of carboxylic acids is 1. The smallest absolute Gasteiger partial charge is 0.307 e. The maximum absolute atomic E-state index is 10.5. The molecule has 5 nitrogen and oxygen atoms in total. The molecule has 5 heteroatoms. The third kappa shape index (κ3) is 7.29. The lowest BCUT2D eigenvalue weighted by Crippen LogP contribution is -2.20. The summed E-state index contributed by atoms with van der Waals surface area (Å²) in [6.45, 7) is 2.11. The molecule has 0 aromatic heterocycles. The van der Waals surface area contributed by atoms with Crippen LogP contribution in [-0.4, -0.2) is 44.7 Å². The second-order valence-corrected chi connectivity index (χ2v) is 6.36. The standard InChI is InChI=1S/C18H30O5/c1-2-3-4-7-13(19)10-11-15-14(16(20)12-17(15)21)8-5-6-9-18(22)23/h5-6,10-11,13-17,19-21H,2-4,7-9,12H2,1H3,(H,22,23)/t13-,14+,15-,16+,17-/m1/s1. The average molecular weight is 326 g/mol. The van der Waals surface area contributed by atoms with Crippen molar-refractivity contribution in [2.45, 2.75) is 70.2 Å². The second kappa shape index (κ2) is 10.6. The van der Waals surface area contributed by atoms with Crippen molar-refractivity contribution < 1.29 is 25.2 Å². The largest absolute Gasteiger partial charge is 0.481 e. The van der Waals surface area contributed by atoms with Gasteiger partial charge < -0.3 is 20.4 Å². The van der Waals surface area contributed by atoms with Crippen LogP contribution in [0, 0.1) is 11.8 Å². The Balaban J connectivity index is 2.54. The van der Waals surface area contributed by atoms with Crippen LogP contribution in [0.2, 0.25) is 0 Å². The number of hydrogen-bond acceptors (Lipinski definition) is 4. The third-order valence-electron chi connectivity index (χ3n) is 4.44. The molecule has 0 radical (unpaired) electrons. The molecule has 0 bridgehead atoms. The summed E-state index contributed by atoms with van der Waals surface area (Å²) in [7, 11) is 0. The molecule has 0 aliphatic heterocycles. The van der Waals surface area contributed by atoms with E-state index in [1.54, 1.807) is 18.2 Å². The van der Waals surface area contributed by atoms with Crippen molar-refractivity contribution >= 4 is 5.97 Å². The zero-order valence-corrected chi connectivity index (χ0v) is 13.8. The second-order valence-electron chi connectivity index (χ2n) is 6.36. The zero-order chi connectivity index (χ0) is 17.2. The highest BCUT2D eigenvalue weighted by molar-refractivity contribution is 5.68. The van der Waals surface area contributed by atoms with E-state index in [1.165, 1.54) is 0 Å². The molecule has 0 amide bonds. The molecule has 0 heterocycles. The fourth-order valence-electron chi connectivity index (χ4n) is 3.10. The Bertz CT molecular complexity index is 404. The van der Waals surface area contributed by atoms with Crippen molar-refractivity contribution in [3.05, 3.63) is 24.3 Å². The minimum absolute atomic E-state index is 0.0397. The van der Waals surface area contributed by atoms with Gasteiger partial charge >= 0.3 is 5.97 Å². The molecule has 1 fully saturated rings. The van der Waals surface area contributed by atoms with Gasteiger partial charge in [-0.15, -0.1) is 0 Å². The Morgan fingerprint density at radius 2 is 1.96 bits per heavy atom. The maximum Gasteiger partial charge on any atom is 0.307 e. The molecule has 5 atom stereocenters. The van der Waals surface area contributed by atoms with E-state index in [1.807, 2.05) is 6.08 Å². The number of aliphatic carboxylic acids is 1. The van der Waals surface area contributed by atoms with E-state index in [0.29, 0.717) is 19.3 Å². The molecule has 0 spiro atoms. The first-order valence-electron chi connectivity index (χ1n) is 8.55. The van der Waals surface area contributed by atoms with E-state index in [9.17, 15) is 20.1 Å². The quantitative estimate of drug-likeness (QED) is 0.365. The molecule has 0 aromatic rings. The number of aliphatic hydroxyl groups is 3. The molecule has 132 valence electrons. The molecule has 1 rings (SSSR count). The molecule has 0 aromatic carbocycles. The lowest BCUT2D eigenvalue weighted by molar-refractivity contribution is -0.136. The summed E-state index contributed by atoms with van der Waals surface area (Å²) in [5, 5.41) is 38.7. The predicted octanol–water partition coefficient (Wildman–Crippen LogP) is 2.26. The van der Waals surface area contributed by atoms with Crippen molar-refractivity contribution in [1.82, 2.24) is 0 Å². The fraction of sp³-hybridized carbons (Fsp3) is 0.722. The number of aliphatic hydroxyl groups excluding tert-OH is 3. The van der Waals surface area contributed by atoms with Gasteiger partial charge in [0.1, 0.15) is 0 Å². The van der Waals surface area contributed by atoms with Crippen molar-refractivity contribution in [3.8, 4) is 0 Å². The minimum atomic E-state index is -0.889. The van der Waals surface area contributed by atoms with E-state index in [2.05, 4.69) is 6.92 Å². The number of carbonyl (C=O) groups is 1. The number of allylic oxidation sites excluding steroid dienone is 1. The molecular weight excluding hydrogens is 296 g/mol. The first-order valence-corrected chi connectivity index (χ1v) is 8.55. The Kier molecular flexibility index (Phi) is 9.14. The number of unbranched alkanes of at least 4 members (excludes halogenated alkanes) is 2. The van der Waals surface area contributed by atoms with Crippen molar-refractivity contribution in [3.63, 3.8) is 0 Å². The Morgan fingerprint density at radius 1 is 1.22 bits per heavy atom. The summed E-state index contributed by atoms with van der Waals surface area (Å²) in [6, 6.07) is 0. The summed E-state index contributed by atoms with van der Waals surface area (Å²) in [6.07, 6.45) is 9.77. The summed E-state index contributed by atoms with van der Waals surface area (Å²) in [5.41, 5.74) is 0. The summed E-state index contributed by atoms with van der Waals surface area (Å²) < 4.78 is 0. The highest BCUT2D eigenvalue weighted by atomic mass is 16.4. The highest BCUT2D eigenvalue weighted by Crippen LogP contribution is 2.36. The molecule has 0 unspecified atom stereocenters. The zero-order valence-electron chi connectivity index (χ0n) is 13.8. The number of carboxylic acid groups (broad SMARTS) is 1. The minimum Gasteiger partial charge on any atom is -0.481 e. The van der Waals surface area contributed by atoms with Gasteiger partial charge in [-0.25, -0.2) is 0 Å². The molecule has 0 saturated heterocycles. The van der Waals surface area contributed by atoms with Crippen LogP contribution in [0.4, 0.5) is 0 Å². The number of rotatable bonds is 10. The van der Waals surface area contributed by atoms with Crippen LogP contribution in [-0.2, 0) is 4.79 Å². The normalized spacial score (nSPS) is 29.6. The van der Waals surface area contributed by atoms with E-state index >= 15 is 0 Å². The van der Waals surface area contributed by atoms with Gasteiger partial charge in [-0.3, -0.25) is 4.79 Å². The van der Waals surface area contributed by atoms with Gasteiger partial charge in [0.25, 0.3) is 0 Å². The van der Waals surface area contributed by atoms with Crippen LogP contribution < -0.4 is 0 Å². The van der Waals surface area contributed by atoms with Crippen LogP contribution in [0.15, 0.2) is 24.3 Å². The van der Waals surface area contributed by atoms with Gasteiger partial charge in [0, 0.05) is 12.3 Å². The highest BCUT2D eigenvalue weighted by Gasteiger charge is 2.39. The van der Waals surface area contributed by atoms with Crippen LogP contribution >= 0.6 is 0 Å². The Hall–Kier alpha value is -1.17. The van der Waals surface area contributed by atoms with Crippen molar-refractivity contribution in [2.24, 2.45) is 11.8 Å². The Morgan fingerprint density at radius 3 is 2.61 bits per heavy atom. The monoisotopic (exact) mass is 326 g/mol. The van der Waals surface area contributed by atoms with Gasteiger partial charge in [-0.2, -0.15) is 0 Å². The lowest BCUT2D eigenvalue weighted by Gasteiger charge is -2.19. The summed E-state index contributed by atoms with van der Waals surface area (Å²) >= 11 is 0. The average Bonchev–Trinajstić information content (AvgIpc) is 2.75. The van der Waals surface area contributed by atoms with Crippen molar-refractivity contribution in [1.29, 1.82) is 0 Å². The number of hydrogen-bond donors (Lipinski definition) is 4. The van der Waals surface area contributed by atoms with Gasteiger partial charge in [0.05, 0.1) is 24.7 Å². The first-order chi connectivity index (χ1) is 11.0. The van der Waals surface area contributed by atoms with E-state index in [-0.39, 0.29) is 18.3 Å². The van der Waals surface area contributed by atoms with Gasteiger partial charge in [-0.1, -0.05) is 50.5 Å². The van der Waals surface area contributed by atoms with E-state index in [0.717, 1.165) is 19.3 Å². The Labute approximate surface area is 138 Å². The summed E-state index contributed by atoms with van der Waals surface area (Å²) in [4.78, 5) is 10.5. The topological polar surface area (TPSA) is 98.0 Å². The van der Waals surface area contributed by atoms with Gasteiger partial charge in [0.15, 0.2) is 0 Å². The van der Waals surface area contributed by atoms with Crippen molar-refractivity contribution in [2.75, 3.05) is 0 Å². The molecule has 1 aliphatic rings. The van der Waals surface area contributed by atoms with Crippen LogP contribution in [0.25, 0.3) is 0 Å². The molecule has 4 N–H and O–H groups in total. The summed E-state index contributed by atoms with van der Waals surface area (Å²) in [5.74, 6) is -1.24. The first kappa shape index (κ1) is 19.9.